The highest BCUT2D eigenvalue weighted by Gasteiger charge is 2.28. The zero-order valence-corrected chi connectivity index (χ0v) is 13.6. The van der Waals surface area contributed by atoms with E-state index in [-0.39, 0.29) is 6.10 Å². The second-order valence-electron chi connectivity index (χ2n) is 6.02. The van der Waals surface area contributed by atoms with E-state index in [2.05, 4.69) is 39.8 Å². The second-order valence-corrected chi connectivity index (χ2v) is 6.02. The monoisotopic (exact) mass is 295 g/mol. The Morgan fingerprint density at radius 3 is 2.50 bits per heavy atom. The molecule has 1 heterocycles. The minimum Gasteiger partial charge on any atom is -0.489 e. The summed E-state index contributed by atoms with van der Waals surface area (Å²) in [4.78, 5) is 0. The van der Waals surface area contributed by atoms with E-state index >= 15 is 0 Å². The van der Waals surface area contributed by atoms with Crippen LogP contribution >= 0.6 is 0 Å². The first-order valence-corrected chi connectivity index (χ1v) is 7.87. The van der Waals surface area contributed by atoms with E-state index in [1.807, 2.05) is 18.2 Å². The lowest BCUT2D eigenvalue weighted by atomic mass is 9.95. The number of ether oxygens (including phenoxy) is 2. The van der Waals surface area contributed by atoms with E-state index in [1.165, 1.54) is 27.8 Å². The van der Waals surface area contributed by atoms with Gasteiger partial charge in [-0.15, -0.1) is 0 Å². The fraction of sp³-hybridized carbons (Fsp3) is 0.350. The minimum absolute atomic E-state index is 0.205. The number of rotatable bonds is 4. The van der Waals surface area contributed by atoms with Gasteiger partial charge in [0.2, 0.25) is 0 Å². The van der Waals surface area contributed by atoms with Crippen LogP contribution in [0.2, 0.25) is 0 Å². The standard InChI is InChI=1S/C20H23O2/c1-5-17-11-18-15(4)19(13(2)14(3)20(18)22-17)21-12-16-9-7-6-8-10-16/h6-10,17H,1,5,11-12H2,2-4H3. The Labute approximate surface area is 133 Å². The minimum atomic E-state index is 0.205. The van der Waals surface area contributed by atoms with Gasteiger partial charge >= 0.3 is 0 Å². The summed E-state index contributed by atoms with van der Waals surface area (Å²) in [7, 11) is 0. The van der Waals surface area contributed by atoms with Crippen LogP contribution in [0.4, 0.5) is 0 Å². The van der Waals surface area contributed by atoms with Crippen LogP contribution in [0.1, 0.15) is 34.2 Å². The third-order valence-electron chi connectivity index (χ3n) is 4.58. The molecule has 0 fully saturated rings. The summed E-state index contributed by atoms with van der Waals surface area (Å²) in [6.07, 6.45) is 1.94. The summed E-state index contributed by atoms with van der Waals surface area (Å²) >= 11 is 0. The van der Waals surface area contributed by atoms with Crippen molar-refractivity contribution in [2.45, 2.75) is 46.3 Å². The van der Waals surface area contributed by atoms with Gasteiger partial charge in [0.15, 0.2) is 0 Å². The van der Waals surface area contributed by atoms with Gasteiger partial charge in [0, 0.05) is 12.0 Å². The highest BCUT2D eigenvalue weighted by Crippen LogP contribution is 2.43. The number of hydrogen-bond acceptors (Lipinski definition) is 2. The van der Waals surface area contributed by atoms with Gasteiger partial charge < -0.3 is 9.47 Å². The van der Waals surface area contributed by atoms with Gasteiger partial charge in [0.1, 0.15) is 24.2 Å². The zero-order valence-electron chi connectivity index (χ0n) is 13.6. The van der Waals surface area contributed by atoms with E-state index in [0.29, 0.717) is 6.61 Å². The molecule has 1 aliphatic rings. The summed E-state index contributed by atoms with van der Waals surface area (Å²) < 4.78 is 12.2. The molecule has 1 radical (unpaired) electrons. The number of hydrogen-bond donors (Lipinski definition) is 0. The van der Waals surface area contributed by atoms with Gasteiger partial charge in [-0.05, 0) is 56.4 Å². The Bertz CT molecular complexity index is 674. The largest absolute Gasteiger partial charge is 0.489 e. The van der Waals surface area contributed by atoms with E-state index in [9.17, 15) is 0 Å². The Morgan fingerprint density at radius 2 is 1.82 bits per heavy atom. The summed E-state index contributed by atoms with van der Waals surface area (Å²) in [5.41, 5.74) is 6.06. The molecular weight excluding hydrogens is 272 g/mol. The van der Waals surface area contributed by atoms with Crippen LogP contribution in [0.25, 0.3) is 0 Å². The predicted molar refractivity (Wildman–Crippen MR) is 89.5 cm³/mol. The third kappa shape index (κ3) is 2.58. The van der Waals surface area contributed by atoms with Crippen molar-refractivity contribution in [1.82, 2.24) is 0 Å². The van der Waals surface area contributed by atoms with Crippen LogP contribution in [0.5, 0.6) is 11.5 Å². The Balaban J connectivity index is 1.91. The molecular formula is C20H23O2. The maximum Gasteiger partial charge on any atom is 0.126 e. The summed E-state index contributed by atoms with van der Waals surface area (Å²) in [6.45, 7) is 10.9. The van der Waals surface area contributed by atoms with Crippen molar-refractivity contribution in [3.05, 3.63) is 65.1 Å². The topological polar surface area (TPSA) is 18.5 Å². The van der Waals surface area contributed by atoms with Gasteiger partial charge in [0.25, 0.3) is 0 Å². The van der Waals surface area contributed by atoms with Crippen LogP contribution in [-0.4, -0.2) is 6.10 Å². The van der Waals surface area contributed by atoms with Gasteiger partial charge in [0.05, 0.1) is 0 Å². The SMILES string of the molecule is [CH2]CC1Cc2c(C)c(OCc3ccccc3)c(C)c(C)c2O1. The molecule has 2 heteroatoms. The van der Waals surface area contributed by atoms with E-state index < -0.39 is 0 Å². The average molecular weight is 295 g/mol. The first kappa shape index (κ1) is 15.0. The van der Waals surface area contributed by atoms with Crippen LogP contribution < -0.4 is 9.47 Å². The molecule has 2 aromatic carbocycles. The van der Waals surface area contributed by atoms with E-state index in [4.69, 9.17) is 9.47 Å². The maximum absolute atomic E-state index is 6.16. The molecule has 22 heavy (non-hydrogen) atoms. The lowest BCUT2D eigenvalue weighted by molar-refractivity contribution is 0.234. The lowest BCUT2D eigenvalue weighted by Gasteiger charge is -2.18. The first-order chi connectivity index (χ1) is 10.6. The van der Waals surface area contributed by atoms with E-state index in [1.54, 1.807) is 0 Å². The molecule has 0 aliphatic carbocycles. The quantitative estimate of drug-likeness (QED) is 0.812. The van der Waals surface area contributed by atoms with Crippen LogP contribution in [0.3, 0.4) is 0 Å². The summed E-state index contributed by atoms with van der Waals surface area (Å²) in [5.74, 6) is 2.06. The number of benzene rings is 2. The van der Waals surface area contributed by atoms with Crippen LogP contribution in [0, 0.1) is 27.7 Å². The van der Waals surface area contributed by atoms with Crippen molar-refractivity contribution < 1.29 is 9.47 Å². The molecule has 0 saturated heterocycles. The summed E-state index contributed by atoms with van der Waals surface area (Å²) in [6, 6.07) is 10.3. The predicted octanol–water partition coefficient (Wildman–Crippen LogP) is 4.72. The van der Waals surface area contributed by atoms with Crippen molar-refractivity contribution in [3.8, 4) is 11.5 Å². The Morgan fingerprint density at radius 1 is 1.09 bits per heavy atom. The fourth-order valence-electron chi connectivity index (χ4n) is 3.10. The third-order valence-corrected chi connectivity index (χ3v) is 4.58. The fourth-order valence-corrected chi connectivity index (χ4v) is 3.10. The average Bonchev–Trinajstić information content (AvgIpc) is 2.98. The molecule has 0 saturated carbocycles. The normalized spacial score (nSPS) is 16.3. The number of fused-ring (bicyclic) bond motifs is 1. The highest BCUT2D eigenvalue weighted by atomic mass is 16.5. The molecule has 0 amide bonds. The molecule has 2 nitrogen and oxygen atoms in total. The molecule has 0 bridgehead atoms. The molecule has 2 aromatic rings. The van der Waals surface area contributed by atoms with Crippen LogP contribution in [-0.2, 0) is 13.0 Å². The van der Waals surface area contributed by atoms with Gasteiger partial charge in [-0.2, -0.15) is 0 Å². The highest BCUT2D eigenvalue weighted by molar-refractivity contribution is 5.59. The van der Waals surface area contributed by atoms with Crippen molar-refractivity contribution >= 4 is 0 Å². The van der Waals surface area contributed by atoms with Crippen molar-refractivity contribution in [1.29, 1.82) is 0 Å². The zero-order chi connectivity index (χ0) is 15.7. The molecule has 1 aliphatic heterocycles. The molecule has 0 aromatic heterocycles. The molecule has 0 N–H and O–H groups in total. The van der Waals surface area contributed by atoms with Crippen molar-refractivity contribution in [2.24, 2.45) is 0 Å². The lowest BCUT2D eigenvalue weighted by Crippen LogP contribution is -2.10. The molecule has 3 rings (SSSR count). The van der Waals surface area contributed by atoms with Crippen molar-refractivity contribution in [3.63, 3.8) is 0 Å². The van der Waals surface area contributed by atoms with Gasteiger partial charge in [-0.25, -0.2) is 0 Å². The van der Waals surface area contributed by atoms with E-state index in [0.717, 1.165) is 24.3 Å². The molecule has 1 atom stereocenters. The second kappa shape index (κ2) is 6.04. The maximum atomic E-state index is 6.16. The smallest absolute Gasteiger partial charge is 0.126 e. The van der Waals surface area contributed by atoms with Gasteiger partial charge in [-0.3, -0.25) is 0 Å². The summed E-state index contributed by atoms with van der Waals surface area (Å²) in [5, 5.41) is 0. The van der Waals surface area contributed by atoms with Crippen LogP contribution in [0.15, 0.2) is 30.3 Å². The van der Waals surface area contributed by atoms with Crippen molar-refractivity contribution in [2.75, 3.05) is 0 Å². The molecule has 0 spiro atoms. The molecule has 115 valence electrons. The Kier molecular flexibility index (Phi) is 4.10. The Hall–Kier alpha value is -1.96. The van der Waals surface area contributed by atoms with Gasteiger partial charge in [-0.1, -0.05) is 30.3 Å². The first-order valence-electron chi connectivity index (χ1n) is 7.87. The molecule has 1 unspecified atom stereocenters.